The molecule has 78 valence electrons. The van der Waals surface area contributed by atoms with Gasteiger partial charge in [0, 0.05) is 7.05 Å². The molecule has 1 amide bonds. The van der Waals surface area contributed by atoms with Gasteiger partial charge in [-0.25, -0.2) is 4.98 Å². The molecule has 6 heteroatoms. The Bertz CT molecular complexity index is 409. The maximum atomic E-state index is 10.9. The van der Waals surface area contributed by atoms with Crippen molar-refractivity contribution in [2.75, 3.05) is 24.6 Å². The molecule has 0 aliphatic rings. The summed E-state index contributed by atoms with van der Waals surface area (Å²) in [5.74, 6) is 0.288. The first-order valence-corrected chi connectivity index (χ1v) is 4.28. The molecule has 0 aromatic carbocycles. The van der Waals surface area contributed by atoms with E-state index in [2.05, 4.69) is 15.6 Å². The van der Waals surface area contributed by atoms with E-state index in [1.54, 1.807) is 19.2 Å². The lowest BCUT2D eigenvalue weighted by atomic mass is 10.3. The summed E-state index contributed by atoms with van der Waals surface area (Å²) in [6, 6.07) is 5.04. The number of nitrogens with two attached hydrogens (primary N) is 1. The molecule has 4 N–H and O–H groups in total. The minimum Gasteiger partial charge on any atom is -0.396 e. The lowest BCUT2D eigenvalue weighted by molar-refractivity contribution is -0.118. The molecule has 0 unspecified atom stereocenters. The summed E-state index contributed by atoms with van der Waals surface area (Å²) in [7, 11) is 1.54. The molecule has 1 heterocycles. The number of likely N-dealkylation sites (N-methyl/N-ethyl adjacent to an activating group) is 1. The second-order valence-corrected chi connectivity index (χ2v) is 2.77. The van der Waals surface area contributed by atoms with Crippen LogP contribution in [0.4, 0.5) is 11.5 Å². The van der Waals surface area contributed by atoms with Crippen LogP contribution in [0.15, 0.2) is 12.1 Å². The average molecular weight is 205 g/mol. The highest BCUT2D eigenvalue weighted by molar-refractivity contribution is 5.80. The van der Waals surface area contributed by atoms with Crippen molar-refractivity contribution in [1.82, 2.24) is 10.3 Å². The van der Waals surface area contributed by atoms with Crippen molar-refractivity contribution >= 4 is 17.4 Å². The molecule has 1 rings (SSSR count). The molecule has 15 heavy (non-hydrogen) atoms. The van der Waals surface area contributed by atoms with Crippen LogP contribution in [0, 0.1) is 11.3 Å². The number of carbonyl (C=O) groups is 1. The number of nitrogens with zero attached hydrogens (tertiary/aromatic N) is 2. The third kappa shape index (κ3) is 2.84. The van der Waals surface area contributed by atoms with E-state index in [0.717, 1.165) is 0 Å². The SMILES string of the molecule is CNC(=O)CNc1ccc(N)c(C#N)n1. The van der Waals surface area contributed by atoms with Crippen molar-refractivity contribution in [1.29, 1.82) is 5.26 Å². The van der Waals surface area contributed by atoms with E-state index in [0.29, 0.717) is 11.5 Å². The number of nitriles is 1. The van der Waals surface area contributed by atoms with Gasteiger partial charge in [-0.15, -0.1) is 0 Å². The molecule has 0 radical (unpaired) electrons. The van der Waals surface area contributed by atoms with E-state index in [1.807, 2.05) is 6.07 Å². The zero-order valence-electron chi connectivity index (χ0n) is 8.24. The van der Waals surface area contributed by atoms with Gasteiger partial charge in [0.05, 0.1) is 12.2 Å². The van der Waals surface area contributed by atoms with Crippen molar-refractivity contribution in [3.05, 3.63) is 17.8 Å². The number of amides is 1. The Morgan fingerprint density at radius 3 is 3.00 bits per heavy atom. The smallest absolute Gasteiger partial charge is 0.239 e. The molecule has 1 aromatic heterocycles. The average Bonchev–Trinajstić information content (AvgIpc) is 2.27. The second kappa shape index (κ2) is 4.81. The topological polar surface area (TPSA) is 104 Å². The summed E-state index contributed by atoms with van der Waals surface area (Å²) in [4.78, 5) is 14.8. The van der Waals surface area contributed by atoms with E-state index in [1.165, 1.54) is 0 Å². The molecule has 0 saturated carbocycles. The van der Waals surface area contributed by atoms with E-state index in [9.17, 15) is 4.79 Å². The fraction of sp³-hybridized carbons (Fsp3) is 0.222. The van der Waals surface area contributed by atoms with Crippen molar-refractivity contribution in [3.63, 3.8) is 0 Å². The Morgan fingerprint density at radius 1 is 1.67 bits per heavy atom. The zero-order valence-corrected chi connectivity index (χ0v) is 8.24. The van der Waals surface area contributed by atoms with Gasteiger partial charge in [-0.2, -0.15) is 5.26 Å². The Balaban J connectivity index is 2.71. The van der Waals surface area contributed by atoms with Crippen LogP contribution in [0.1, 0.15) is 5.69 Å². The van der Waals surface area contributed by atoms with E-state index < -0.39 is 0 Å². The molecular weight excluding hydrogens is 194 g/mol. The van der Waals surface area contributed by atoms with Gasteiger partial charge in [0.2, 0.25) is 5.91 Å². The second-order valence-electron chi connectivity index (χ2n) is 2.77. The summed E-state index contributed by atoms with van der Waals surface area (Å²) in [6.07, 6.45) is 0. The third-order valence-corrected chi connectivity index (χ3v) is 1.74. The van der Waals surface area contributed by atoms with Gasteiger partial charge in [-0.05, 0) is 12.1 Å². The van der Waals surface area contributed by atoms with Gasteiger partial charge in [0.1, 0.15) is 11.9 Å². The van der Waals surface area contributed by atoms with Crippen molar-refractivity contribution in [2.45, 2.75) is 0 Å². The van der Waals surface area contributed by atoms with Crippen molar-refractivity contribution in [2.24, 2.45) is 0 Å². The Kier molecular flexibility index (Phi) is 3.46. The Morgan fingerprint density at radius 2 is 2.40 bits per heavy atom. The highest BCUT2D eigenvalue weighted by Gasteiger charge is 2.03. The van der Waals surface area contributed by atoms with Gasteiger partial charge < -0.3 is 16.4 Å². The van der Waals surface area contributed by atoms with Crippen LogP contribution in [-0.2, 0) is 4.79 Å². The summed E-state index contributed by atoms with van der Waals surface area (Å²) >= 11 is 0. The minimum atomic E-state index is -0.160. The highest BCUT2D eigenvalue weighted by atomic mass is 16.1. The molecule has 0 atom stereocenters. The first-order chi connectivity index (χ1) is 7.17. The number of nitrogen functional groups attached to an aromatic ring is 1. The number of nitrogens with one attached hydrogen (secondary N) is 2. The number of pyridine rings is 1. The van der Waals surface area contributed by atoms with Crippen LogP contribution in [0.2, 0.25) is 0 Å². The molecule has 0 aliphatic heterocycles. The van der Waals surface area contributed by atoms with Crippen LogP contribution in [0.5, 0.6) is 0 Å². The number of aromatic nitrogens is 1. The highest BCUT2D eigenvalue weighted by Crippen LogP contribution is 2.11. The van der Waals surface area contributed by atoms with Crippen molar-refractivity contribution in [3.8, 4) is 6.07 Å². The number of carbonyl (C=O) groups excluding carboxylic acids is 1. The summed E-state index contributed by atoms with van der Waals surface area (Å²) in [6.45, 7) is 0.109. The lowest BCUT2D eigenvalue weighted by Gasteiger charge is -2.05. The standard InChI is InChI=1S/C9H11N5O/c1-12-9(15)5-13-8-3-2-6(11)7(4-10)14-8/h2-3H,5,11H2,1H3,(H,12,15)(H,13,14). The van der Waals surface area contributed by atoms with Crippen LogP contribution >= 0.6 is 0 Å². The van der Waals surface area contributed by atoms with Crippen LogP contribution in [0.25, 0.3) is 0 Å². The zero-order chi connectivity index (χ0) is 11.3. The third-order valence-electron chi connectivity index (χ3n) is 1.74. The van der Waals surface area contributed by atoms with Crippen LogP contribution in [-0.4, -0.2) is 24.5 Å². The predicted octanol–water partition coefficient (Wildman–Crippen LogP) is -0.307. The maximum absolute atomic E-state index is 10.9. The normalized spacial score (nSPS) is 9.07. The van der Waals surface area contributed by atoms with Gasteiger partial charge in [-0.3, -0.25) is 4.79 Å². The quantitative estimate of drug-likeness (QED) is 0.628. The molecule has 6 nitrogen and oxygen atoms in total. The minimum absolute atomic E-state index is 0.109. The van der Waals surface area contributed by atoms with Crippen LogP contribution in [0.3, 0.4) is 0 Å². The van der Waals surface area contributed by atoms with Gasteiger partial charge in [0.25, 0.3) is 0 Å². The Hall–Kier alpha value is -2.29. The Labute approximate surface area is 87.1 Å². The summed E-state index contributed by atoms with van der Waals surface area (Å²) in [5, 5.41) is 13.9. The summed E-state index contributed by atoms with van der Waals surface area (Å²) in [5.41, 5.74) is 5.96. The molecule has 0 spiro atoms. The molecule has 1 aromatic rings. The van der Waals surface area contributed by atoms with Crippen LogP contribution < -0.4 is 16.4 Å². The summed E-state index contributed by atoms with van der Waals surface area (Å²) < 4.78 is 0. The van der Waals surface area contributed by atoms with Gasteiger partial charge >= 0.3 is 0 Å². The van der Waals surface area contributed by atoms with E-state index in [4.69, 9.17) is 11.0 Å². The number of anilines is 2. The number of hydrogen-bond acceptors (Lipinski definition) is 5. The van der Waals surface area contributed by atoms with Gasteiger partial charge in [0.15, 0.2) is 5.69 Å². The monoisotopic (exact) mass is 205 g/mol. The number of hydrogen-bond donors (Lipinski definition) is 3. The van der Waals surface area contributed by atoms with E-state index in [-0.39, 0.29) is 18.1 Å². The van der Waals surface area contributed by atoms with Crippen molar-refractivity contribution < 1.29 is 4.79 Å². The fourth-order valence-corrected chi connectivity index (χ4v) is 0.917. The molecule has 0 bridgehead atoms. The fourth-order valence-electron chi connectivity index (χ4n) is 0.917. The molecule has 0 saturated heterocycles. The molecular formula is C9H11N5O. The lowest BCUT2D eigenvalue weighted by Crippen LogP contribution is -2.26. The molecule has 0 aliphatic carbocycles. The largest absolute Gasteiger partial charge is 0.396 e. The van der Waals surface area contributed by atoms with Gasteiger partial charge in [-0.1, -0.05) is 0 Å². The molecule has 0 fully saturated rings. The van der Waals surface area contributed by atoms with E-state index >= 15 is 0 Å². The maximum Gasteiger partial charge on any atom is 0.239 e. The first-order valence-electron chi connectivity index (χ1n) is 4.28. The first kappa shape index (κ1) is 10.8. The number of rotatable bonds is 3. The predicted molar refractivity (Wildman–Crippen MR) is 55.9 cm³/mol.